The van der Waals surface area contributed by atoms with E-state index in [2.05, 4.69) is 15.0 Å². The Labute approximate surface area is 83.3 Å². The third kappa shape index (κ3) is 2.30. The molecule has 1 fully saturated rings. The minimum atomic E-state index is 0.635. The normalized spacial score (nSPS) is 23.9. The van der Waals surface area contributed by atoms with Crippen LogP contribution in [0.15, 0.2) is 10.9 Å². The largest absolute Gasteiger partial charge is 0.343 e. The molecule has 2 heterocycles. The maximum absolute atomic E-state index is 5.66. The third-order valence-electron chi connectivity index (χ3n) is 2.71. The highest BCUT2D eigenvalue weighted by Crippen LogP contribution is 2.16. The molecule has 1 aliphatic heterocycles. The fraction of sp³-hybridized carbons (Fsp3) is 0.778. The van der Waals surface area contributed by atoms with Crippen molar-refractivity contribution in [3.8, 4) is 0 Å². The highest BCUT2D eigenvalue weighted by molar-refractivity contribution is 4.81. The number of likely N-dealkylation sites (tertiary alicyclic amines) is 1. The van der Waals surface area contributed by atoms with Gasteiger partial charge in [-0.15, -0.1) is 0 Å². The van der Waals surface area contributed by atoms with E-state index in [9.17, 15) is 0 Å². The average Bonchev–Trinajstić information content (AvgIpc) is 2.71. The Morgan fingerprint density at radius 3 is 3.29 bits per heavy atom. The first-order chi connectivity index (χ1) is 6.88. The SMILES string of the molecule is NC[C@@H]1CCCN(Cc2ncon2)C1. The fourth-order valence-corrected chi connectivity index (χ4v) is 1.95. The summed E-state index contributed by atoms with van der Waals surface area (Å²) in [7, 11) is 0. The van der Waals surface area contributed by atoms with Crippen LogP contribution in [-0.2, 0) is 6.54 Å². The van der Waals surface area contributed by atoms with Crippen LogP contribution in [0.4, 0.5) is 0 Å². The lowest BCUT2D eigenvalue weighted by Crippen LogP contribution is -2.38. The van der Waals surface area contributed by atoms with Crippen molar-refractivity contribution in [1.29, 1.82) is 0 Å². The summed E-state index contributed by atoms with van der Waals surface area (Å²) in [4.78, 5) is 6.35. The lowest BCUT2D eigenvalue weighted by atomic mass is 9.98. The molecule has 0 amide bonds. The highest BCUT2D eigenvalue weighted by atomic mass is 16.5. The Kier molecular flexibility index (Phi) is 3.10. The number of hydrogen-bond donors (Lipinski definition) is 1. The molecule has 0 aliphatic carbocycles. The maximum atomic E-state index is 5.66. The van der Waals surface area contributed by atoms with Gasteiger partial charge >= 0.3 is 0 Å². The molecule has 1 saturated heterocycles. The minimum Gasteiger partial charge on any atom is -0.343 e. The summed E-state index contributed by atoms with van der Waals surface area (Å²) in [6.07, 6.45) is 3.85. The summed E-state index contributed by atoms with van der Waals surface area (Å²) >= 11 is 0. The molecule has 78 valence electrons. The number of hydrogen-bond acceptors (Lipinski definition) is 5. The van der Waals surface area contributed by atoms with Crippen molar-refractivity contribution in [1.82, 2.24) is 15.0 Å². The number of nitrogens with two attached hydrogens (primary N) is 1. The summed E-state index contributed by atoms with van der Waals surface area (Å²) in [5.74, 6) is 1.40. The molecule has 0 unspecified atom stereocenters. The van der Waals surface area contributed by atoms with Gasteiger partial charge in [-0.05, 0) is 31.8 Å². The molecule has 14 heavy (non-hydrogen) atoms. The Morgan fingerprint density at radius 1 is 1.64 bits per heavy atom. The van der Waals surface area contributed by atoms with Crippen LogP contribution in [0.1, 0.15) is 18.7 Å². The van der Waals surface area contributed by atoms with Gasteiger partial charge in [-0.3, -0.25) is 4.90 Å². The second-order valence-corrected chi connectivity index (χ2v) is 3.83. The van der Waals surface area contributed by atoms with Crippen LogP contribution in [0.5, 0.6) is 0 Å². The summed E-state index contributed by atoms with van der Waals surface area (Å²) < 4.78 is 4.70. The summed E-state index contributed by atoms with van der Waals surface area (Å²) in [5.41, 5.74) is 5.66. The van der Waals surface area contributed by atoms with Gasteiger partial charge in [-0.1, -0.05) is 5.16 Å². The molecule has 1 aromatic heterocycles. The van der Waals surface area contributed by atoms with Crippen molar-refractivity contribution in [2.75, 3.05) is 19.6 Å². The molecule has 0 aromatic carbocycles. The van der Waals surface area contributed by atoms with Gasteiger partial charge in [0.1, 0.15) is 0 Å². The number of rotatable bonds is 3. The zero-order valence-electron chi connectivity index (χ0n) is 8.22. The Hall–Kier alpha value is -0.940. The number of piperidine rings is 1. The molecule has 0 spiro atoms. The zero-order valence-corrected chi connectivity index (χ0v) is 8.22. The van der Waals surface area contributed by atoms with Gasteiger partial charge in [0.25, 0.3) is 0 Å². The van der Waals surface area contributed by atoms with E-state index in [0.29, 0.717) is 5.92 Å². The van der Waals surface area contributed by atoms with E-state index < -0.39 is 0 Å². The quantitative estimate of drug-likeness (QED) is 0.750. The van der Waals surface area contributed by atoms with E-state index in [1.807, 2.05) is 0 Å². The van der Waals surface area contributed by atoms with E-state index in [1.165, 1.54) is 19.2 Å². The van der Waals surface area contributed by atoms with Crippen LogP contribution in [0.2, 0.25) is 0 Å². The Bertz CT molecular complexity index is 262. The summed E-state index contributed by atoms with van der Waals surface area (Å²) in [6.45, 7) is 3.74. The first-order valence-electron chi connectivity index (χ1n) is 5.06. The Morgan fingerprint density at radius 2 is 2.57 bits per heavy atom. The predicted octanol–water partition coefficient (Wildman–Crippen LogP) is 0.240. The molecule has 1 aliphatic rings. The van der Waals surface area contributed by atoms with Crippen molar-refractivity contribution < 1.29 is 4.52 Å². The molecule has 5 nitrogen and oxygen atoms in total. The van der Waals surface area contributed by atoms with Gasteiger partial charge in [0.05, 0.1) is 6.54 Å². The van der Waals surface area contributed by atoms with Crippen LogP contribution in [-0.4, -0.2) is 34.7 Å². The van der Waals surface area contributed by atoms with Crippen molar-refractivity contribution in [3.05, 3.63) is 12.2 Å². The van der Waals surface area contributed by atoms with E-state index in [0.717, 1.165) is 32.0 Å². The minimum absolute atomic E-state index is 0.635. The maximum Gasteiger partial charge on any atom is 0.213 e. The molecule has 0 saturated carbocycles. The lowest BCUT2D eigenvalue weighted by molar-refractivity contribution is 0.166. The Balaban J connectivity index is 1.86. The van der Waals surface area contributed by atoms with Crippen molar-refractivity contribution in [2.45, 2.75) is 19.4 Å². The first kappa shape index (κ1) is 9.61. The third-order valence-corrected chi connectivity index (χ3v) is 2.71. The van der Waals surface area contributed by atoms with Gasteiger partial charge in [-0.25, -0.2) is 0 Å². The zero-order chi connectivity index (χ0) is 9.80. The molecule has 0 bridgehead atoms. The lowest BCUT2D eigenvalue weighted by Gasteiger charge is -2.30. The van der Waals surface area contributed by atoms with E-state index in [-0.39, 0.29) is 0 Å². The van der Waals surface area contributed by atoms with Crippen LogP contribution in [0.25, 0.3) is 0 Å². The second-order valence-electron chi connectivity index (χ2n) is 3.83. The first-order valence-corrected chi connectivity index (χ1v) is 5.06. The van der Waals surface area contributed by atoms with Gasteiger partial charge in [0, 0.05) is 6.54 Å². The monoisotopic (exact) mass is 196 g/mol. The molecule has 1 aromatic rings. The summed E-state index contributed by atoms with van der Waals surface area (Å²) in [5, 5.41) is 3.80. The average molecular weight is 196 g/mol. The topological polar surface area (TPSA) is 68.2 Å². The van der Waals surface area contributed by atoms with Crippen molar-refractivity contribution >= 4 is 0 Å². The standard InChI is InChI=1S/C9H16N4O/c10-4-8-2-1-3-13(5-8)6-9-11-7-14-12-9/h7-8H,1-6,10H2/t8-/m0/s1. The predicted molar refractivity (Wildman–Crippen MR) is 51.4 cm³/mol. The molecule has 5 heteroatoms. The molecular weight excluding hydrogens is 180 g/mol. The van der Waals surface area contributed by atoms with Gasteiger partial charge in [0.15, 0.2) is 5.82 Å². The van der Waals surface area contributed by atoms with E-state index >= 15 is 0 Å². The number of nitrogens with zero attached hydrogens (tertiary/aromatic N) is 3. The van der Waals surface area contributed by atoms with E-state index in [4.69, 9.17) is 10.3 Å². The highest BCUT2D eigenvalue weighted by Gasteiger charge is 2.19. The summed E-state index contributed by atoms with van der Waals surface area (Å²) in [6, 6.07) is 0. The second kappa shape index (κ2) is 4.52. The smallest absolute Gasteiger partial charge is 0.213 e. The molecule has 2 N–H and O–H groups in total. The van der Waals surface area contributed by atoms with Gasteiger partial charge < -0.3 is 10.3 Å². The van der Waals surface area contributed by atoms with Gasteiger partial charge in [0.2, 0.25) is 6.39 Å². The molecular formula is C9H16N4O. The van der Waals surface area contributed by atoms with Crippen molar-refractivity contribution in [2.24, 2.45) is 11.7 Å². The van der Waals surface area contributed by atoms with Crippen LogP contribution in [0, 0.1) is 5.92 Å². The fourth-order valence-electron chi connectivity index (χ4n) is 1.95. The van der Waals surface area contributed by atoms with Crippen molar-refractivity contribution in [3.63, 3.8) is 0 Å². The van der Waals surface area contributed by atoms with Crippen LogP contribution < -0.4 is 5.73 Å². The molecule has 1 atom stereocenters. The molecule has 0 radical (unpaired) electrons. The van der Waals surface area contributed by atoms with Crippen LogP contribution >= 0.6 is 0 Å². The number of aromatic nitrogens is 2. The van der Waals surface area contributed by atoms with Gasteiger partial charge in [-0.2, -0.15) is 4.98 Å². The van der Waals surface area contributed by atoms with Crippen LogP contribution in [0.3, 0.4) is 0 Å². The van der Waals surface area contributed by atoms with E-state index in [1.54, 1.807) is 0 Å². The molecule has 2 rings (SSSR count).